The van der Waals surface area contributed by atoms with E-state index < -0.39 is 16.6 Å². The van der Waals surface area contributed by atoms with E-state index in [-0.39, 0.29) is 11.6 Å². The lowest BCUT2D eigenvalue weighted by Crippen LogP contribution is -2.32. The SMILES string of the molecule is C[C@@H](C[S@](C)=O)N(C)Cc1ccc(F)c(C#N)c1. The third-order valence-electron chi connectivity index (χ3n) is 2.81. The third kappa shape index (κ3) is 4.21. The first-order valence-electron chi connectivity index (χ1n) is 5.63. The van der Waals surface area contributed by atoms with Crippen molar-refractivity contribution in [3.05, 3.63) is 35.1 Å². The van der Waals surface area contributed by atoms with Crippen molar-refractivity contribution in [2.45, 2.75) is 19.5 Å². The van der Waals surface area contributed by atoms with Crippen molar-refractivity contribution in [1.82, 2.24) is 4.90 Å². The molecule has 0 aliphatic heterocycles. The molecule has 18 heavy (non-hydrogen) atoms. The standard InChI is InChI=1S/C13H17FN2OS/c1-10(9-18(3)17)16(2)8-11-4-5-13(14)12(6-11)7-15/h4-6,10H,8-9H2,1-3H3/t10-,18-/m0/s1. The summed E-state index contributed by atoms with van der Waals surface area (Å²) in [5.74, 6) is 0.106. The molecule has 5 heteroatoms. The minimum absolute atomic E-state index is 0.0626. The van der Waals surface area contributed by atoms with Crippen LogP contribution >= 0.6 is 0 Å². The van der Waals surface area contributed by atoms with Gasteiger partial charge in [0.25, 0.3) is 0 Å². The van der Waals surface area contributed by atoms with Gasteiger partial charge in [0.2, 0.25) is 0 Å². The van der Waals surface area contributed by atoms with Gasteiger partial charge in [-0.1, -0.05) is 6.07 Å². The summed E-state index contributed by atoms with van der Waals surface area (Å²) in [5.41, 5.74) is 0.941. The van der Waals surface area contributed by atoms with Crippen molar-refractivity contribution in [2.75, 3.05) is 19.1 Å². The Morgan fingerprint density at radius 1 is 1.56 bits per heavy atom. The van der Waals surface area contributed by atoms with Crippen LogP contribution < -0.4 is 0 Å². The lowest BCUT2D eigenvalue weighted by molar-refractivity contribution is 0.268. The maximum absolute atomic E-state index is 13.2. The van der Waals surface area contributed by atoms with E-state index in [0.717, 1.165) is 5.56 Å². The van der Waals surface area contributed by atoms with Crippen LogP contribution in [-0.4, -0.2) is 34.2 Å². The van der Waals surface area contributed by atoms with Gasteiger partial charge in [-0.05, 0) is 31.7 Å². The highest BCUT2D eigenvalue weighted by Crippen LogP contribution is 2.12. The van der Waals surface area contributed by atoms with Gasteiger partial charge >= 0.3 is 0 Å². The molecule has 1 aromatic carbocycles. The molecule has 0 unspecified atom stereocenters. The lowest BCUT2D eigenvalue weighted by Gasteiger charge is -2.24. The lowest BCUT2D eigenvalue weighted by atomic mass is 10.1. The second-order valence-corrected chi connectivity index (χ2v) is 5.91. The van der Waals surface area contributed by atoms with E-state index in [4.69, 9.17) is 5.26 Å². The molecule has 98 valence electrons. The molecule has 0 spiro atoms. The van der Waals surface area contributed by atoms with E-state index >= 15 is 0 Å². The smallest absolute Gasteiger partial charge is 0.140 e. The summed E-state index contributed by atoms with van der Waals surface area (Å²) in [7, 11) is 1.09. The predicted molar refractivity (Wildman–Crippen MR) is 71.0 cm³/mol. The first-order chi connectivity index (χ1) is 8.43. The monoisotopic (exact) mass is 268 g/mol. The van der Waals surface area contributed by atoms with Gasteiger partial charge in [0.15, 0.2) is 0 Å². The summed E-state index contributed by atoms with van der Waals surface area (Å²) >= 11 is 0. The molecule has 0 radical (unpaired) electrons. The van der Waals surface area contributed by atoms with Gasteiger partial charge < -0.3 is 0 Å². The van der Waals surface area contributed by atoms with Gasteiger partial charge in [0.1, 0.15) is 11.9 Å². The van der Waals surface area contributed by atoms with Gasteiger partial charge in [0, 0.05) is 35.4 Å². The van der Waals surface area contributed by atoms with Crippen molar-refractivity contribution in [2.24, 2.45) is 0 Å². The normalized spacial score (nSPS) is 14.2. The predicted octanol–water partition coefficient (Wildman–Crippen LogP) is 1.90. The molecule has 0 saturated carbocycles. The zero-order valence-electron chi connectivity index (χ0n) is 10.8. The van der Waals surface area contributed by atoms with Crippen LogP contribution in [0.5, 0.6) is 0 Å². The molecule has 1 rings (SSSR count). The average molecular weight is 268 g/mol. The quantitative estimate of drug-likeness (QED) is 0.819. The van der Waals surface area contributed by atoms with E-state index in [1.165, 1.54) is 6.07 Å². The number of nitriles is 1. The topological polar surface area (TPSA) is 44.1 Å². The van der Waals surface area contributed by atoms with Crippen LogP contribution in [0.3, 0.4) is 0 Å². The number of halogens is 1. The van der Waals surface area contributed by atoms with Crippen LogP contribution in [0.2, 0.25) is 0 Å². The molecule has 0 heterocycles. The second-order valence-electron chi connectivity index (χ2n) is 4.43. The van der Waals surface area contributed by atoms with Crippen molar-refractivity contribution in [3.8, 4) is 6.07 Å². The van der Waals surface area contributed by atoms with Gasteiger partial charge in [-0.25, -0.2) is 4.39 Å². The molecule has 3 nitrogen and oxygen atoms in total. The van der Waals surface area contributed by atoms with E-state index in [2.05, 4.69) is 0 Å². The summed E-state index contributed by atoms with van der Waals surface area (Å²) in [6.07, 6.45) is 1.68. The Labute approximate surface area is 110 Å². The fourth-order valence-electron chi connectivity index (χ4n) is 1.67. The molecule has 0 fully saturated rings. The fraction of sp³-hybridized carbons (Fsp3) is 0.462. The third-order valence-corrected chi connectivity index (χ3v) is 3.76. The summed E-state index contributed by atoms with van der Waals surface area (Å²) in [4.78, 5) is 2.04. The molecule has 1 aromatic rings. The highest BCUT2D eigenvalue weighted by molar-refractivity contribution is 7.84. The average Bonchev–Trinajstić information content (AvgIpc) is 2.30. The highest BCUT2D eigenvalue weighted by Gasteiger charge is 2.12. The largest absolute Gasteiger partial charge is 0.299 e. The number of hydrogen-bond acceptors (Lipinski definition) is 3. The van der Waals surface area contributed by atoms with Gasteiger partial charge in [-0.15, -0.1) is 0 Å². The first-order valence-corrected chi connectivity index (χ1v) is 7.35. The van der Waals surface area contributed by atoms with E-state index in [1.54, 1.807) is 18.4 Å². The number of rotatable bonds is 5. The molecular weight excluding hydrogens is 251 g/mol. The number of hydrogen-bond donors (Lipinski definition) is 0. The van der Waals surface area contributed by atoms with Crippen molar-refractivity contribution < 1.29 is 8.60 Å². The van der Waals surface area contributed by atoms with Gasteiger partial charge in [-0.2, -0.15) is 5.26 Å². The fourth-order valence-corrected chi connectivity index (χ4v) is 2.60. The van der Waals surface area contributed by atoms with E-state index in [0.29, 0.717) is 12.3 Å². The Hall–Kier alpha value is -1.25. The van der Waals surface area contributed by atoms with Gasteiger partial charge in [-0.3, -0.25) is 9.11 Å². The molecule has 0 amide bonds. The highest BCUT2D eigenvalue weighted by atomic mass is 32.2. The molecule has 0 N–H and O–H groups in total. The maximum atomic E-state index is 13.2. The van der Waals surface area contributed by atoms with Gasteiger partial charge in [0.05, 0.1) is 5.56 Å². The number of benzene rings is 1. The minimum atomic E-state index is -0.838. The molecule has 0 saturated heterocycles. The van der Waals surface area contributed by atoms with Crippen LogP contribution in [0, 0.1) is 17.1 Å². The molecule has 0 bridgehead atoms. The first kappa shape index (κ1) is 14.8. The maximum Gasteiger partial charge on any atom is 0.140 e. The summed E-state index contributed by atoms with van der Waals surface area (Å²) in [5, 5.41) is 8.76. The Bertz CT molecular complexity index is 484. The van der Waals surface area contributed by atoms with Crippen molar-refractivity contribution in [3.63, 3.8) is 0 Å². The Morgan fingerprint density at radius 3 is 2.78 bits per heavy atom. The summed E-state index contributed by atoms with van der Waals surface area (Å²) in [6.45, 7) is 2.60. The molecular formula is C13H17FN2OS. The van der Waals surface area contributed by atoms with Crippen LogP contribution in [0.1, 0.15) is 18.1 Å². The molecule has 0 aliphatic carbocycles. The zero-order valence-corrected chi connectivity index (χ0v) is 11.6. The van der Waals surface area contributed by atoms with Crippen LogP contribution in [0.4, 0.5) is 4.39 Å². The van der Waals surface area contributed by atoms with Crippen LogP contribution in [0.25, 0.3) is 0 Å². The van der Waals surface area contributed by atoms with E-state index in [9.17, 15) is 8.60 Å². The Morgan fingerprint density at radius 2 is 2.22 bits per heavy atom. The van der Waals surface area contributed by atoms with Crippen LogP contribution in [-0.2, 0) is 17.3 Å². The van der Waals surface area contributed by atoms with Crippen molar-refractivity contribution in [1.29, 1.82) is 5.26 Å². The summed E-state index contributed by atoms with van der Waals surface area (Å²) < 4.78 is 24.3. The second kappa shape index (κ2) is 6.62. The van der Waals surface area contributed by atoms with Crippen molar-refractivity contribution >= 4 is 10.8 Å². The molecule has 2 atom stereocenters. The number of nitrogens with zero attached hydrogens (tertiary/aromatic N) is 2. The minimum Gasteiger partial charge on any atom is -0.299 e. The van der Waals surface area contributed by atoms with Crippen LogP contribution in [0.15, 0.2) is 18.2 Å². The van der Waals surface area contributed by atoms with E-state index in [1.807, 2.05) is 24.9 Å². The Kier molecular flexibility index (Phi) is 5.45. The zero-order chi connectivity index (χ0) is 13.7. The Balaban J connectivity index is 2.73. The molecule has 0 aliphatic rings. The summed E-state index contributed by atoms with van der Waals surface area (Å²) in [6, 6.07) is 6.54. The molecule has 0 aromatic heterocycles.